The minimum absolute atomic E-state index is 0.0902. The quantitative estimate of drug-likeness (QED) is 0.629. The SMILES string of the molecule is Cc1ccc2c(c1)OCC(C)(C)CO2. The molecule has 0 radical (unpaired) electrons. The molecule has 0 saturated carbocycles. The van der Waals surface area contributed by atoms with Crippen molar-refractivity contribution in [1.29, 1.82) is 0 Å². The summed E-state index contributed by atoms with van der Waals surface area (Å²) in [6.07, 6.45) is 0. The van der Waals surface area contributed by atoms with E-state index in [1.165, 1.54) is 5.56 Å². The Morgan fingerprint density at radius 3 is 2.43 bits per heavy atom. The molecular formula is C12H16O2. The van der Waals surface area contributed by atoms with E-state index >= 15 is 0 Å². The average Bonchev–Trinajstić information content (AvgIpc) is 2.26. The van der Waals surface area contributed by atoms with Crippen LogP contribution in [0.1, 0.15) is 19.4 Å². The third-order valence-corrected chi connectivity index (χ3v) is 2.34. The summed E-state index contributed by atoms with van der Waals surface area (Å²) < 4.78 is 11.4. The minimum atomic E-state index is 0.0902. The van der Waals surface area contributed by atoms with Gasteiger partial charge in [0.1, 0.15) is 0 Å². The first-order valence-electron chi connectivity index (χ1n) is 4.93. The topological polar surface area (TPSA) is 18.5 Å². The van der Waals surface area contributed by atoms with E-state index in [9.17, 15) is 0 Å². The number of fused-ring (bicyclic) bond motifs is 1. The maximum absolute atomic E-state index is 5.72. The molecule has 2 rings (SSSR count). The van der Waals surface area contributed by atoms with Gasteiger partial charge in [0.2, 0.25) is 0 Å². The molecule has 1 aliphatic rings. The molecule has 0 spiro atoms. The van der Waals surface area contributed by atoms with Gasteiger partial charge in [-0.1, -0.05) is 19.9 Å². The number of rotatable bonds is 0. The molecule has 2 heteroatoms. The number of hydrogen-bond acceptors (Lipinski definition) is 2. The highest BCUT2D eigenvalue weighted by Crippen LogP contribution is 2.33. The first kappa shape index (κ1) is 9.38. The van der Waals surface area contributed by atoms with Gasteiger partial charge in [0.05, 0.1) is 13.2 Å². The highest BCUT2D eigenvalue weighted by molar-refractivity contribution is 5.43. The van der Waals surface area contributed by atoms with Crippen molar-refractivity contribution >= 4 is 0 Å². The van der Waals surface area contributed by atoms with Gasteiger partial charge in [-0.3, -0.25) is 0 Å². The van der Waals surface area contributed by atoms with Crippen molar-refractivity contribution in [2.24, 2.45) is 5.41 Å². The van der Waals surface area contributed by atoms with Crippen molar-refractivity contribution in [3.8, 4) is 11.5 Å². The van der Waals surface area contributed by atoms with Crippen LogP contribution in [-0.4, -0.2) is 13.2 Å². The lowest BCUT2D eigenvalue weighted by molar-refractivity contribution is 0.140. The average molecular weight is 192 g/mol. The molecule has 0 aliphatic carbocycles. The Hall–Kier alpha value is -1.18. The summed E-state index contributed by atoms with van der Waals surface area (Å²) in [4.78, 5) is 0. The fraction of sp³-hybridized carbons (Fsp3) is 0.500. The summed E-state index contributed by atoms with van der Waals surface area (Å²) in [7, 11) is 0. The van der Waals surface area contributed by atoms with Gasteiger partial charge in [0.25, 0.3) is 0 Å². The zero-order chi connectivity index (χ0) is 10.2. The lowest BCUT2D eigenvalue weighted by Crippen LogP contribution is -2.26. The molecule has 1 heterocycles. The second-order valence-electron chi connectivity index (χ2n) is 4.69. The molecule has 1 aliphatic heterocycles. The van der Waals surface area contributed by atoms with Crippen molar-refractivity contribution < 1.29 is 9.47 Å². The van der Waals surface area contributed by atoms with Crippen LogP contribution >= 0.6 is 0 Å². The largest absolute Gasteiger partial charge is 0.489 e. The van der Waals surface area contributed by atoms with Gasteiger partial charge in [0, 0.05) is 5.41 Å². The fourth-order valence-corrected chi connectivity index (χ4v) is 1.44. The van der Waals surface area contributed by atoms with Crippen molar-refractivity contribution in [2.75, 3.05) is 13.2 Å². The lowest BCUT2D eigenvalue weighted by atomic mass is 9.97. The summed E-state index contributed by atoms with van der Waals surface area (Å²) >= 11 is 0. The van der Waals surface area contributed by atoms with E-state index in [0.717, 1.165) is 11.5 Å². The Bertz CT molecular complexity index is 342. The second-order valence-corrected chi connectivity index (χ2v) is 4.69. The number of ether oxygens (including phenoxy) is 2. The molecule has 0 saturated heterocycles. The number of aryl methyl sites for hydroxylation is 1. The summed E-state index contributed by atoms with van der Waals surface area (Å²) in [6.45, 7) is 7.77. The third kappa shape index (κ3) is 1.84. The summed E-state index contributed by atoms with van der Waals surface area (Å²) in [5.74, 6) is 1.73. The summed E-state index contributed by atoms with van der Waals surface area (Å²) in [6, 6.07) is 6.04. The van der Waals surface area contributed by atoms with Gasteiger partial charge in [-0.05, 0) is 24.6 Å². The monoisotopic (exact) mass is 192 g/mol. The van der Waals surface area contributed by atoms with Gasteiger partial charge in [-0.15, -0.1) is 0 Å². The normalized spacial score (nSPS) is 18.8. The Balaban J connectivity index is 2.30. The van der Waals surface area contributed by atoms with Gasteiger partial charge in [-0.25, -0.2) is 0 Å². The van der Waals surface area contributed by atoms with Crippen LogP contribution in [0.25, 0.3) is 0 Å². The molecule has 0 aromatic heterocycles. The molecule has 14 heavy (non-hydrogen) atoms. The predicted octanol–water partition coefficient (Wildman–Crippen LogP) is 2.79. The first-order chi connectivity index (χ1) is 6.57. The van der Waals surface area contributed by atoms with E-state index in [4.69, 9.17) is 9.47 Å². The zero-order valence-corrected chi connectivity index (χ0v) is 8.96. The molecule has 0 N–H and O–H groups in total. The smallest absolute Gasteiger partial charge is 0.161 e. The number of benzene rings is 1. The molecule has 0 atom stereocenters. The maximum Gasteiger partial charge on any atom is 0.161 e. The van der Waals surface area contributed by atoms with Crippen LogP contribution in [0.4, 0.5) is 0 Å². The molecular weight excluding hydrogens is 176 g/mol. The van der Waals surface area contributed by atoms with E-state index in [1.807, 2.05) is 18.2 Å². The highest BCUT2D eigenvalue weighted by atomic mass is 16.5. The second kappa shape index (κ2) is 3.19. The first-order valence-corrected chi connectivity index (χ1v) is 4.93. The van der Waals surface area contributed by atoms with Crippen molar-refractivity contribution in [1.82, 2.24) is 0 Å². The van der Waals surface area contributed by atoms with E-state index < -0.39 is 0 Å². The predicted molar refractivity (Wildman–Crippen MR) is 56.0 cm³/mol. The van der Waals surface area contributed by atoms with Gasteiger partial charge in [-0.2, -0.15) is 0 Å². The third-order valence-electron chi connectivity index (χ3n) is 2.34. The van der Waals surface area contributed by atoms with E-state index in [-0.39, 0.29) is 5.41 Å². The van der Waals surface area contributed by atoms with E-state index in [2.05, 4.69) is 20.8 Å². The summed E-state index contributed by atoms with van der Waals surface area (Å²) in [5.41, 5.74) is 1.29. The van der Waals surface area contributed by atoms with Gasteiger partial charge in [0.15, 0.2) is 11.5 Å². The van der Waals surface area contributed by atoms with Crippen LogP contribution in [-0.2, 0) is 0 Å². The van der Waals surface area contributed by atoms with Crippen LogP contribution < -0.4 is 9.47 Å². The Morgan fingerprint density at radius 2 is 1.71 bits per heavy atom. The van der Waals surface area contributed by atoms with Crippen LogP contribution in [0.2, 0.25) is 0 Å². The van der Waals surface area contributed by atoms with Gasteiger partial charge >= 0.3 is 0 Å². The molecule has 0 amide bonds. The summed E-state index contributed by atoms with van der Waals surface area (Å²) in [5, 5.41) is 0. The zero-order valence-electron chi connectivity index (χ0n) is 8.96. The van der Waals surface area contributed by atoms with Crippen molar-refractivity contribution in [2.45, 2.75) is 20.8 Å². The van der Waals surface area contributed by atoms with Crippen LogP contribution in [0.3, 0.4) is 0 Å². The maximum atomic E-state index is 5.72. The van der Waals surface area contributed by atoms with Gasteiger partial charge < -0.3 is 9.47 Å². The number of hydrogen-bond donors (Lipinski definition) is 0. The van der Waals surface area contributed by atoms with E-state index in [1.54, 1.807) is 0 Å². The fourth-order valence-electron chi connectivity index (χ4n) is 1.44. The lowest BCUT2D eigenvalue weighted by Gasteiger charge is -2.19. The Morgan fingerprint density at radius 1 is 1.07 bits per heavy atom. The molecule has 1 aromatic rings. The molecule has 76 valence electrons. The highest BCUT2D eigenvalue weighted by Gasteiger charge is 2.24. The van der Waals surface area contributed by atoms with Crippen molar-refractivity contribution in [3.63, 3.8) is 0 Å². The Kier molecular flexibility index (Phi) is 2.14. The molecule has 2 nitrogen and oxygen atoms in total. The minimum Gasteiger partial charge on any atom is -0.489 e. The van der Waals surface area contributed by atoms with E-state index in [0.29, 0.717) is 13.2 Å². The molecule has 0 unspecified atom stereocenters. The standard InChI is InChI=1S/C12H16O2/c1-9-4-5-10-11(6-9)14-8-12(2,3)7-13-10/h4-6H,7-8H2,1-3H3. The van der Waals surface area contributed by atoms with Crippen LogP contribution in [0.15, 0.2) is 18.2 Å². The molecule has 0 bridgehead atoms. The Labute approximate surface area is 84.8 Å². The molecule has 1 aromatic carbocycles. The molecule has 0 fully saturated rings. The van der Waals surface area contributed by atoms with Crippen LogP contribution in [0, 0.1) is 12.3 Å². The van der Waals surface area contributed by atoms with Crippen LogP contribution in [0.5, 0.6) is 11.5 Å². The van der Waals surface area contributed by atoms with Crippen molar-refractivity contribution in [3.05, 3.63) is 23.8 Å².